The largest absolute Gasteiger partial charge is 0.356 e. The summed E-state index contributed by atoms with van der Waals surface area (Å²) in [5.74, 6) is 1.15. The number of aromatic nitrogens is 3. The fourth-order valence-corrected chi connectivity index (χ4v) is 5.25. The minimum atomic E-state index is -0.0168. The number of aryl methyl sites for hydroxylation is 2. The Hall–Kier alpha value is -2.41. The molecule has 0 aliphatic carbocycles. The minimum absolute atomic E-state index is 0.0168. The van der Waals surface area contributed by atoms with Gasteiger partial charge in [-0.3, -0.25) is 4.79 Å². The molecule has 7 heteroatoms. The Bertz CT molecular complexity index is 1130. The van der Waals surface area contributed by atoms with Crippen LogP contribution in [0.5, 0.6) is 0 Å². The molecule has 6 nitrogen and oxygen atoms in total. The van der Waals surface area contributed by atoms with E-state index in [2.05, 4.69) is 40.0 Å². The van der Waals surface area contributed by atoms with Crippen molar-refractivity contribution in [3.05, 3.63) is 57.3 Å². The van der Waals surface area contributed by atoms with Gasteiger partial charge in [-0.05, 0) is 63.6 Å². The molecule has 0 N–H and O–H groups in total. The van der Waals surface area contributed by atoms with Crippen LogP contribution in [0.4, 0.5) is 5.82 Å². The van der Waals surface area contributed by atoms with Crippen LogP contribution in [0, 0.1) is 13.8 Å². The molecule has 2 aromatic heterocycles. The lowest BCUT2D eigenvalue weighted by Crippen LogP contribution is -2.39. The Morgan fingerprint density at radius 2 is 1.81 bits per heavy atom. The van der Waals surface area contributed by atoms with Crippen LogP contribution in [-0.2, 0) is 0 Å². The van der Waals surface area contributed by atoms with Crippen LogP contribution in [0.15, 0.2) is 34.9 Å². The average Bonchev–Trinajstić information content (AvgIpc) is 3.44. The molecule has 4 heterocycles. The van der Waals surface area contributed by atoms with E-state index in [1.807, 2.05) is 34.5 Å². The van der Waals surface area contributed by atoms with Crippen LogP contribution in [0.3, 0.4) is 0 Å². The maximum absolute atomic E-state index is 13.5. The number of carbonyl (C=O) groups is 1. The summed E-state index contributed by atoms with van der Waals surface area (Å²) in [5, 5.41) is 4.86. The Morgan fingerprint density at radius 1 is 1.03 bits per heavy atom. The van der Waals surface area contributed by atoms with Gasteiger partial charge >= 0.3 is 0 Å². The number of piperidine rings is 1. The first kappa shape index (κ1) is 20.5. The van der Waals surface area contributed by atoms with Crippen LogP contribution in [0.25, 0.3) is 5.65 Å². The lowest BCUT2D eigenvalue weighted by atomic mass is 9.97. The van der Waals surface area contributed by atoms with Gasteiger partial charge in [-0.15, -0.1) is 0 Å². The van der Waals surface area contributed by atoms with Crippen molar-refractivity contribution < 1.29 is 4.79 Å². The van der Waals surface area contributed by atoms with E-state index in [0.717, 1.165) is 77.2 Å². The second-order valence-corrected chi connectivity index (χ2v) is 9.70. The second kappa shape index (κ2) is 8.26. The van der Waals surface area contributed by atoms with Gasteiger partial charge in [0.2, 0.25) is 0 Å². The van der Waals surface area contributed by atoms with E-state index in [0.29, 0.717) is 0 Å². The summed E-state index contributed by atoms with van der Waals surface area (Å²) in [7, 11) is 0. The molecule has 1 atom stereocenters. The zero-order chi connectivity index (χ0) is 21.5. The van der Waals surface area contributed by atoms with E-state index in [1.165, 1.54) is 12.8 Å². The molecule has 1 aromatic carbocycles. The fraction of sp³-hybridized carbons (Fsp3) is 0.458. The molecule has 3 aromatic rings. The third-order valence-electron chi connectivity index (χ3n) is 6.56. The van der Waals surface area contributed by atoms with Crippen LogP contribution >= 0.6 is 15.9 Å². The molecule has 1 amide bonds. The molecule has 5 rings (SSSR count). The van der Waals surface area contributed by atoms with Crippen molar-refractivity contribution in [3.8, 4) is 0 Å². The molecule has 2 aliphatic rings. The molecule has 2 saturated heterocycles. The van der Waals surface area contributed by atoms with Gasteiger partial charge in [0.25, 0.3) is 5.91 Å². The maximum Gasteiger partial charge on any atom is 0.254 e. The van der Waals surface area contributed by atoms with Gasteiger partial charge in [-0.25, -0.2) is 9.50 Å². The quantitative estimate of drug-likeness (QED) is 0.523. The standard InChI is InChI=1S/C24H28BrN5O/c1-16-8-9-18(25)13-19(16)24(31)29-12-4-3-7-21(29)20-14-22-26-23(28-10-5-6-11-28)17(2)15-30(22)27-20/h8-9,13-15,21H,3-7,10-12H2,1-2H3. The highest BCUT2D eigenvalue weighted by molar-refractivity contribution is 9.10. The van der Waals surface area contributed by atoms with Gasteiger partial charge in [-0.1, -0.05) is 22.0 Å². The van der Waals surface area contributed by atoms with Gasteiger partial charge in [-0.2, -0.15) is 5.10 Å². The van der Waals surface area contributed by atoms with Crippen molar-refractivity contribution in [2.45, 2.75) is 52.0 Å². The van der Waals surface area contributed by atoms with E-state index < -0.39 is 0 Å². The molecule has 0 bridgehead atoms. The SMILES string of the molecule is Cc1ccc(Br)cc1C(=O)N1CCCCC1c1cc2nc(N3CCCC3)c(C)cn2n1. The van der Waals surface area contributed by atoms with E-state index >= 15 is 0 Å². The fourth-order valence-electron chi connectivity index (χ4n) is 4.89. The zero-order valence-corrected chi connectivity index (χ0v) is 19.7. The normalized spacial score (nSPS) is 19.4. The molecule has 2 aliphatic heterocycles. The molecular weight excluding hydrogens is 454 g/mol. The summed E-state index contributed by atoms with van der Waals surface area (Å²) in [6.07, 6.45) is 7.59. The van der Waals surface area contributed by atoms with E-state index in [-0.39, 0.29) is 11.9 Å². The first-order valence-electron chi connectivity index (χ1n) is 11.2. The summed E-state index contributed by atoms with van der Waals surface area (Å²) >= 11 is 3.51. The average molecular weight is 482 g/mol. The van der Waals surface area contributed by atoms with Crippen molar-refractivity contribution in [2.24, 2.45) is 0 Å². The second-order valence-electron chi connectivity index (χ2n) is 8.78. The Kier molecular flexibility index (Phi) is 5.46. The summed E-state index contributed by atoms with van der Waals surface area (Å²) < 4.78 is 2.81. The number of rotatable bonds is 3. The number of fused-ring (bicyclic) bond motifs is 1. The number of anilines is 1. The van der Waals surface area contributed by atoms with Crippen molar-refractivity contribution in [1.29, 1.82) is 0 Å². The molecular formula is C24H28BrN5O. The van der Waals surface area contributed by atoms with Crippen LogP contribution in [0.1, 0.15) is 65.3 Å². The predicted octanol–water partition coefficient (Wildman–Crippen LogP) is 5.08. The first-order valence-corrected chi connectivity index (χ1v) is 12.0. The number of halogens is 1. The summed E-state index contributed by atoms with van der Waals surface area (Å²) in [4.78, 5) is 22.8. The molecule has 162 valence electrons. The molecule has 2 fully saturated rings. The molecule has 0 radical (unpaired) electrons. The zero-order valence-electron chi connectivity index (χ0n) is 18.1. The number of hydrogen-bond donors (Lipinski definition) is 0. The lowest BCUT2D eigenvalue weighted by molar-refractivity contribution is 0.0605. The smallest absolute Gasteiger partial charge is 0.254 e. The Labute approximate surface area is 191 Å². The number of carbonyl (C=O) groups excluding carboxylic acids is 1. The highest BCUT2D eigenvalue weighted by Crippen LogP contribution is 2.33. The molecule has 0 spiro atoms. The van der Waals surface area contributed by atoms with E-state index in [9.17, 15) is 4.79 Å². The third kappa shape index (κ3) is 3.84. The van der Waals surface area contributed by atoms with Crippen molar-refractivity contribution >= 4 is 33.3 Å². The van der Waals surface area contributed by atoms with Gasteiger partial charge < -0.3 is 9.80 Å². The monoisotopic (exact) mass is 481 g/mol. The van der Waals surface area contributed by atoms with Gasteiger partial charge in [0.1, 0.15) is 5.82 Å². The summed E-state index contributed by atoms with van der Waals surface area (Å²) in [6, 6.07) is 7.96. The topological polar surface area (TPSA) is 53.7 Å². The van der Waals surface area contributed by atoms with Gasteiger partial charge in [0, 0.05) is 47.5 Å². The van der Waals surface area contributed by atoms with Crippen molar-refractivity contribution in [2.75, 3.05) is 24.5 Å². The highest BCUT2D eigenvalue weighted by Gasteiger charge is 2.31. The number of nitrogens with zero attached hydrogens (tertiary/aromatic N) is 5. The Morgan fingerprint density at radius 3 is 2.61 bits per heavy atom. The van der Waals surface area contributed by atoms with Crippen molar-refractivity contribution in [1.82, 2.24) is 19.5 Å². The number of amides is 1. The predicted molar refractivity (Wildman–Crippen MR) is 126 cm³/mol. The number of likely N-dealkylation sites (tertiary alicyclic amines) is 1. The molecule has 1 unspecified atom stereocenters. The summed E-state index contributed by atoms with van der Waals surface area (Å²) in [6.45, 7) is 7.00. The third-order valence-corrected chi connectivity index (χ3v) is 7.06. The van der Waals surface area contributed by atoms with Gasteiger partial charge in [0.15, 0.2) is 5.65 Å². The summed E-state index contributed by atoms with van der Waals surface area (Å²) in [5.41, 5.74) is 4.70. The van der Waals surface area contributed by atoms with E-state index in [1.54, 1.807) is 0 Å². The first-order chi connectivity index (χ1) is 15.0. The van der Waals surface area contributed by atoms with Gasteiger partial charge in [0.05, 0.1) is 11.7 Å². The maximum atomic E-state index is 13.5. The number of benzene rings is 1. The number of hydrogen-bond acceptors (Lipinski definition) is 4. The Balaban J connectivity index is 1.49. The lowest BCUT2D eigenvalue weighted by Gasteiger charge is -2.35. The van der Waals surface area contributed by atoms with Crippen LogP contribution < -0.4 is 4.90 Å². The highest BCUT2D eigenvalue weighted by atomic mass is 79.9. The van der Waals surface area contributed by atoms with Crippen LogP contribution in [-0.4, -0.2) is 45.0 Å². The molecule has 0 saturated carbocycles. The van der Waals surface area contributed by atoms with E-state index in [4.69, 9.17) is 10.1 Å². The minimum Gasteiger partial charge on any atom is -0.356 e. The molecule has 31 heavy (non-hydrogen) atoms. The van der Waals surface area contributed by atoms with Crippen LogP contribution in [0.2, 0.25) is 0 Å². The van der Waals surface area contributed by atoms with Crippen molar-refractivity contribution in [3.63, 3.8) is 0 Å².